The lowest BCUT2D eigenvalue weighted by molar-refractivity contribution is -0.130. The fourth-order valence-corrected chi connectivity index (χ4v) is 3.16. The summed E-state index contributed by atoms with van der Waals surface area (Å²) < 4.78 is 0. The molecule has 1 aliphatic carbocycles. The first-order valence-electron chi connectivity index (χ1n) is 7.80. The van der Waals surface area contributed by atoms with E-state index in [4.69, 9.17) is 0 Å². The predicted molar refractivity (Wildman–Crippen MR) is 80.4 cm³/mol. The molecule has 0 N–H and O–H groups in total. The second-order valence-corrected chi connectivity index (χ2v) is 6.11. The Morgan fingerprint density at radius 2 is 1.95 bits per heavy atom. The van der Waals surface area contributed by atoms with Crippen molar-refractivity contribution in [3.63, 3.8) is 0 Å². The van der Waals surface area contributed by atoms with Gasteiger partial charge < -0.3 is 4.90 Å². The van der Waals surface area contributed by atoms with Crippen LogP contribution in [0.15, 0.2) is 24.3 Å². The highest BCUT2D eigenvalue weighted by Gasteiger charge is 2.28. The van der Waals surface area contributed by atoms with Crippen molar-refractivity contribution in [3.8, 4) is 0 Å². The second-order valence-electron chi connectivity index (χ2n) is 6.11. The van der Waals surface area contributed by atoms with Crippen LogP contribution in [0.5, 0.6) is 0 Å². The molecule has 3 heteroatoms. The van der Waals surface area contributed by atoms with E-state index in [1.807, 2.05) is 4.90 Å². The van der Waals surface area contributed by atoms with Gasteiger partial charge in [0, 0.05) is 38.6 Å². The van der Waals surface area contributed by atoms with Gasteiger partial charge in [-0.15, -0.1) is 0 Å². The molecule has 2 fully saturated rings. The highest BCUT2D eigenvalue weighted by atomic mass is 16.2. The van der Waals surface area contributed by atoms with Crippen LogP contribution < -0.4 is 0 Å². The lowest BCUT2D eigenvalue weighted by Gasteiger charge is -2.36. The van der Waals surface area contributed by atoms with E-state index in [9.17, 15) is 4.79 Å². The molecular formula is C17H24N2O. The monoisotopic (exact) mass is 272 g/mol. The molecule has 1 aliphatic heterocycles. The number of amides is 1. The van der Waals surface area contributed by atoms with Gasteiger partial charge >= 0.3 is 0 Å². The second kappa shape index (κ2) is 5.96. The lowest BCUT2D eigenvalue weighted by Crippen LogP contribution is -2.42. The van der Waals surface area contributed by atoms with E-state index >= 15 is 0 Å². The topological polar surface area (TPSA) is 23.6 Å². The van der Waals surface area contributed by atoms with Gasteiger partial charge in [0.15, 0.2) is 0 Å². The highest BCUT2D eigenvalue weighted by molar-refractivity contribution is 5.76. The van der Waals surface area contributed by atoms with Crippen LogP contribution in [-0.2, 0) is 11.3 Å². The molecule has 0 spiro atoms. The molecule has 3 nitrogen and oxygen atoms in total. The van der Waals surface area contributed by atoms with E-state index in [1.54, 1.807) is 0 Å². The number of carbonyl (C=O) groups is 1. The summed E-state index contributed by atoms with van der Waals surface area (Å²) in [4.78, 5) is 16.9. The van der Waals surface area contributed by atoms with Crippen LogP contribution >= 0.6 is 0 Å². The third-order valence-corrected chi connectivity index (χ3v) is 4.84. The maximum absolute atomic E-state index is 12.3. The molecule has 0 atom stereocenters. The Hall–Kier alpha value is -1.35. The molecule has 0 bridgehead atoms. The molecule has 1 saturated heterocycles. The quantitative estimate of drug-likeness (QED) is 0.844. The van der Waals surface area contributed by atoms with Crippen molar-refractivity contribution in [3.05, 3.63) is 35.4 Å². The Labute approximate surface area is 121 Å². The van der Waals surface area contributed by atoms with Gasteiger partial charge in [-0.2, -0.15) is 0 Å². The maximum Gasteiger partial charge on any atom is 0.224 e. The summed E-state index contributed by atoms with van der Waals surface area (Å²) >= 11 is 0. The average Bonchev–Trinajstić information content (AvgIpc) is 2.55. The van der Waals surface area contributed by atoms with Gasteiger partial charge in [-0.05, 0) is 30.9 Å². The van der Waals surface area contributed by atoms with Gasteiger partial charge in [0.2, 0.25) is 5.91 Å². The third kappa shape index (κ3) is 2.88. The van der Waals surface area contributed by atoms with Crippen LogP contribution in [-0.4, -0.2) is 41.4 Å². The highest BCUT2D eigenvalue weighted by Crippen LogP contribution is 2.26. The standard InChI is InChI=1S/C17H24N2O/c1-14-5-2-3-6-15(14)13-19-12-11-18(10-9-17(19)20)16-7-4-8-16/h2-3,5-6,16H,4,7-13H2,1H3. The number of aryl methyl sites for hydroxylation is 1. The van der Waals surface area contributed by atoms with Crippen LogP contribution in [0.4, 0.5) is 0 Å². The largest absolute Gasteiger partial charge is 0.337 e. The van der Waals surface area contributed by atoms with Crippen LogP contribution in [0, 0.1) is 6.92 Å². The minimum Gasteiger partial charge on any atom is -0.337 e. The molecule has 1 aromatic carbocycles. The first-order chi connectivity index (χ1) is 9.74. The van der Waals surface area contributed by atoms with E-state index < -0.39 is 0 Å². The summed E-state index contributed by atoms with van der Waals surface area (Å²) in [5.41, 5.74) is 2.55. The van der Waals surface area contributed by atoms with Crippen molar-refractivity contribution in [1.29, 1.82) is 0 Å². The van der Waals surface area contributed by atoms with Gasteiger partial charge in [0.25, 0.3) is 0 Å². The summed E-state index contributed by atoms with van der Waals surface area (Å²) in [6, 6.07) is 9.13. The molecule has 1 aromatic rings. The predicted octanol–water partition coefficient (Wildman–Crippen LogP) is 2.58. The Bertz CT molecular complexity index is 482. The van der Waals surface area contributed by atoms with E-state index in [0.717, 1.165) is 32.2 Å². The van der Waals surface area contributed by atoms with E-state index in [-0.39, 0.29) is 0 Å². The Kier molecular flexibility index (Phi) is 4.06. The number of benzene rings is 1. The fraction of sp³-hybridized carbons (Fsp3) is 0.588. The molecule has 108 valence electrons. The number of hydrogen-bond acceptors (Lipinski definition) is 2. The Morgan fingerprint density at radius 1 is 1.15 bits per heavy atom. The number of rotatable bonds is 3. The molecule has 1 heterocycles. The number of nitrogens with zero attached hydrogens (tertiary/aromatic N) is 2. The Balaban J connectivity index is 1.64. The van der Waals surface area contributed by atoms with E-state index in [2.05, 4.69) is 36.1 Å². The summed E-state index contributed by atoms with van der Waals surface area (Å²) in [7, 11) is 0. The lowest BCUT2D eigenvalue weighted by atomic mass is 9.91. The molecule has 0 unspecified atom stereocenters. The molecule has 3 rings (SSSR count). The van der Waals surface area contributed by atoms with Crippen molar-refractivity contribution in [2.24, 2.45) is 0 Å². The van der Waals surface area contributed by atoms with Gasteiger partial charge in [-0.3, -0.25) is 9.69 Å². The number of hydrogen-bond donors (Lipinski definition) is 0. The SMILES string of the molecule is Cc1ccccc1CN1CCN(C2CCC2)CCC1=O. The molecule has 2 aliphatic rings. The van der Waals surface area contributed by atoms with Gasteiger partial charge in [0.05, 0.1) is 0 Å². The summed E-state index contributed by atoms with van der Waals surface area (Å²) in [5, 5.41) is 0. The van der Waals surface area contributed by atoms with Crippen molar-refractivity contribution in [2.45, 2.75) is 45.2 Å². The van der Waals surface area contributed by atoms with Gasteiger partial charge in [-0.25, -0.2) is 0 Å². The minimum absolute atomic E-state index is 0.315. The third-order valence-electron chi connectivity index (χ3n) is 4.84. The zero-order valence-electron chi connectivity index (χ0n) is 12.3. The number of carbonyl (C=O) groups excluding carboxylic acids is 1. The van der Waals surface area contributed by atoms with E-state index in [1.165, 1.54) is 30.4 Å². The Morgan fingerprint density at radius 3 is 2.65 bits per heavy atom. The molecule has 20 heavy (non-hydrogen) atoms. The van der Waals surface area contributed by atoms with E-state index in [0.29, 0.717) is 12.3 Å². The van der Waals surface area contributed by atoms with Crippen molar-refractivity contribution in [1.82, 2.24) is 9.80 Å². The first-order valence-corrected chi connectivity index (χ1v) is 7.80. The van der Waals surface area contributed by atoms with Crippen molar-refractivity contribution >= 4 is 5.91 Å². The van der Waals surface area contributed by atoms with Crippen LogP contribution in [0.3, 0.4) is 0 Å². The smallest absolute Gasteiger partial charge is 0.224 e. The summed E-state index contributed by atoms with van der Waals surface area (Å²) in [6.07, 6.45) is 4.70. The maximum atomic E-state index is 12.3. The minimum atomic E-state index is 0.315. The van der Waals surface area contributed by atoms with Crippen molar-refractivity contribution < 1.29 is 4.79 Å². The molecule has 0 aromatic heterocycles. The summed E-state index contributed by atoms with van der Waals surface area (Å²) in [5.74, 6) is 0.315. The summed E-state index contributed by atoms with van der Waals surface area (Å²) in [6.45, 7) is 5.77. The first kappa shape index (κ1) is 13.6. The van der Waals surface area contributed by atoms with Gasteiger partial charge in [-0.1, -0.05) is 30.7 Å². The van der Waals surface area contributed by atoms with Crippen LogP contribution in [0.2, 0.25) is 0 Å². The molecular weight excluding hydrogens is 248 g/mol. The molecule has 1 saturated carbocycles. The molecule has 1 amide bonds. The van der Waals surface area contributed by atoms with Crippen LogP contribution in [0.1, 0.15) is 36.8 Å². The zero-order valence-corrected chi connectivity index (χ0v) is 12.3. The van der Waals surface area contributed by atoms with Crippen LogP contribution in [0.25, 0.3) is 0 Å². The van der Waals surface area contributed by atoms with Gasteiger partial charge in [0.1, 0.15) is 0 Å². The normalized spacial score (nSPS) is 21.6. The zero-order chi connectivity index (χ0) is 13.9. The average molecular weight is 272 g/mol. The van der Waals surface area contributed by atoms with Crippen molar-refractivity contribution in [2.75, 3.05) is 19.6 Å². The molecule has 0 radical (unpaired) electrons. The fourth-order valence-electron chi connectivity index (χ4n) is 3.16.